The van der Waals surface area contributed by atoms with E-state index in [4.69, 9.17) is 4.74 Å². The summed E-state index contributed by atoms with van der Waals surface area (Å²) in [6.45, 7) is 0. The van der Waals surface area contributed by atoms with Crippen LogP contribution in [0.5, 0.6) is 5.75 Å². The summed E-state index contributed by atoms with van der Waals surface area (Å²) < 4.78 is 5.08. The molecule has 2 N–H and O–H groups in total. The van der Waals surface area contributed by atoms with Crippen molar-refractivity contribution in [3.05, 3.63) is 54.1 Å². The van der Waals surface area contributed by atoms with Gasteiger partial charge in [0, 0.05) is 0 Å². The van der Waals surface area contributed by atoms with Crippen LogP contribution >= 0.6 is 11.8 Å². The summed E-state index contributed by atoms with van der Waals surface area (Å²) in [4.78, 5) is 19.4. The highest BCUT2D eigenvalue weighted by Gasteiger charge is 2.06. The number of amides is 1. The van der Waals surface area contributed by atoms with Crippen molar-refractivity contribution in [1.82, 2.24) is 15.4 Å². The van der Waals surface area contributed by atoms with Crippen LogP contribution in [0.15, 0.2) is 58.8 Å². The third kappa shape index (κ3) is 4.14. The molecule has 0 aliphatic rings. The maximum Gasteiger partial charge on any atom is 0.250 e. The van der Waals surface area contributed by atoms with E-state index < -0.39 is 0 Å². The third-order valence-electron chi connectivity index (χ3n) is 3.23. The van der Waals surface area contributed by atoms with Crippen LogP contribution in [0.2, 0.25) is 0 Å². The summed E-state index contributed by atoms with van der Waals surface area (Å²) in [5, 5.41) is 4.66. The van der Waals surface area contributed by atoms with E-state index in [1.54, 1.807) is 13.3 Å². The first-order valence-electron chi connectivity index (χ1n) is 7.28. The number of ether oxygens (including phenoxy) is 1. The Hall–Kier alpha value is -2.80. The fourth-order valence-corrected chi connectivity index (χ4v) is 2.71. The molecule has 0 aliphatic carbocycles. The van der Waals surface area contributed by atoms with Gasteiger partial charge in [0.2, 0.25) is 0 Å². The Bertz CT molecular complexity index is 825. The highest BCUT2D eigenvalue weighted by Crippen LogP contribution is 2.18. The molecule has 3 rings (SSSR count). The highest BCUT2D eigenvalue weighted by molar-refractivity contribution is 7.99. The number of para-hydroxylation sites is 2. The molecule has 0 spiro atoms. The molecule has 0 saturated carbocycles. The normalized spacial score (nSPS) is 11.0. The van der Waals surface area contributed by atoms with Gasteiger partial charge in [-0.15, -0.1) is 0 Å². The maximum atomic E-state index is 11.8. The molecule has 0 radical (unpaired) electrons. The molecular formula is C17H16N4O2S. The average Bonchev–Trinajstić information content (AvgIpc) is 3.03. The Kier molecular flexibility index (Phi) is 5.12. The number of carbonyl (C=O) groups is 1. The second-order valence-electron chi connectivity index (χ2n) is 4.91. The maximum absolute atomic E-state index is 11.8. The number of H-pyrrole nitrogens is 1. The standard InChI is InChI=1S/C17H16N4O2S/c1-23-13-8-6-12(7-9-13)10-18-21-16(22)11-24-17-19-14-4-2-3-5-15(14)20-17/h2-10H,11H2,1H3,(H,19,20)(H,21,22). The van der Waals surface area contributed by atoms with E-state index >= 15 is 0 Å². The zero-order valence-electron chi connectivity index (χ0n) is 13.0. The lowest BCUT2D eigenvalue weighted by molar-refractivity contribution is -0.118. The molecule has 1 aromatic heterocycles. The highest BCUT2D eigenvalue weighted by atomic mass is 32.2. The molecule has 0 atom stereocenters. The summed E-state index contributed by atoms with van der Waals surface area (Å²) in [6, 6.07) is 15.1. The van der Waals surface area contributed by atoms with E-state index in [1.165, 1.54) is 11.8 Å². The summed E-state index contributed by atoms with van der Waals surface area (Å²) in [5.41, 5.74) is 5.22. The summed E-state index contributed by atoms with van der Waals surface area (Å²) in [7, 11) is 1.61. The lowest BCUT2D eigenvalue weighted by Gasteiger charge is -2.00. The predicted molar refractivity (Wildman–Crippen MR) is 95.5 cm³/mol. The molecule has 0 saturated heterocycles. The van der Waals surface area contributed by atoms with Crippen molar-refractivity contribution in [2.45, 2.75) is 5.16 Å². The lowest BCUT2D eigenvalue weighted by Crippen LogP contribution is -2.19. The van der Waals surface area contributed by atoms with Crippen molar-refractivity contribution < 1.29 is 9.53 Å². The Morgan fingerprint density at radius 1 is 1.29 bits per heavy atom. The number of thioether (sulfide) groups is 1. The fraction of sp³-hybridized carbons (Fsp3) is 0.118. The minimum absolute atomic E-state index is 0.190. The molecule has 1 amide bonds. The Morgan fingerprint density at radius 3 is 2.83 bits per heavy atom. The van der Waals surface area contributed by atoms with Crippen LogP contribution in [0.4, 0.5) is 0 Å². The van der Waals surface area contributed by atoms with Crippen LogP contribution in [-0.2, 0) is 4.79 Å². The molecule has 0 unspecified atom stereocenters. The Balaban J connectivity index is 1.49. The van der Waals surface area contributed by atoms with Crippen LogP contribution < -0.4 is 10.2 Å². The van der Waals surface area contributed by atoms with Gasteiger partial charge in [0.25, 0.3) is 5.91 Å². The molecule has 3 aromatic rings. The van der Waals surface area contributed by atoms with E-state index in [1.807, 2.05) is 48.5 Å². The summed E-state index contributed by atoms with van der Waals surface area (Å²) in [6.07, 6.45) is 1.59. The smallest absolute Gasteiger partial charge is 0.250 e. The first-order chi connectivity index (χ1) is 11.7. The number of hydrazone groups is 1. The molecule has 122 valence electrons. The van der Waals surface area contributed by atoms with Crippen LogP contribution in [-0.4, -0.2) is 35.0 Å². The van der Waals surface area contributed by atoms with Gasteiger partial charge in [-0.05, 0) is 42.0 Å². The molecular weight excluding hydrogens is 324 g/mol. The summed E-state index contributed by atoms with van der Waals surface area (Å²) >= 11 is 1.34. The molecule has 24 heavy (non-hydrogen) atoms. The Labute approximate surface area is 143 Å². The predicted octanol–water partition coefficient (Wildman–Crippen LogP) is 2.81. The molecule has 0 fully saturated rings. The van der Waals surface area contributed by atoms with E-state index in [0.717, 1.165) is 22.3 Å². The van der Waals surface area contributed by atoms with Gasteiger partial charge >= 0.3 is 0 Å². The van der Waals surface area contributed by atoms with E-state index in [0.29, 0.717) is 5.16 Å². The number of fused-ring (bicyclic) bond motifs is 1. The van der Waals surface area contributed by atoms with E-state index in [2.05, 4.69) is 20.5 Å². The van der Waals surface area contributed by atoms with Gasteiger partial charge in [0.1, 0.15) is 5.75 Å². The van der Waals surface area contributed by atoms with Gasteiger partial charge in [-0.3, -0.25) is 4.79 Å². The number of hydrogen-bond donors (Lipinski definition) is 2. The zero-order chi connectivity index (χ0) is 16.8. The average molecular weight is 340 g/mol. The largest absolute Gasteiger partial charge is 0.497 e. The minimum atomic E-state index is -0.190. The van der Waals surface area contributed by atoms with Crippen molar-refractivity contribution in [2.75, 3.05) is 12.9 Å². The number of aromatic nitrogens is 2. The first-order valence-corrected chi connectivity index (χ1v) is 8.26. The van der Waals surface area contributed by atoms with E-state index in [9.17, 15) is 4.79 Å². The molecule has 1 heterocycles. The van der Waals surface area contributed by atoms with Crippen molar-refractivity contribution in [3.63, 3.8) is 0 Å². The van der Waals surface area contributed by atoms with Gasteiger partial charge in [0.05, 0.1) is 30.1 Å². The number of hydrogen-bond acceptors (Lipinski definition) is 5. The number of carbonyl (C=O) groups excluding carboxylic acids is 1. The van der Waals surface area contributed by atoms with Gasteiger partial charge in [-0.25, -0.2) is 10.4 Å². The van der Waals surface area contributed by atoms with Gasteiger partial charge in [-0.1, -0.05) is 23.9 Å². The fourth-order valence-electron chi connectivity index (χ4n) is 2.03. The number of benzene rings is 2. The molecule has 6 nitrogen and oxygen atoms in total. The topological polar surface area (TPSA) is 79.4 Å². The number of rotatable bonds is 6. The van der Waals surface area contributed by atoms with Crippen molar-refractivity contribution in [3.8, 4) is 5.75 Å². The van der Waals surface area contributed by atoms with Crippen LogP contribution in [0.1, 0.15) is 5.56 Å². The van der Waals surface area contributed by atoms with Crippen LogP contribution in [0, 0.1) is 0 Å². The molecule has 0 aliphatic heterocycles. The monoisotopic (exact) mass is 340 g/mol. The molecule has 0 bridgehead atoms. The third-order valence-corrected chi connectivity index (χ3v) is 4.10. The van der Waals surface area contributed by atoms with Gasteiger partial charge in [0.15, 0.2) is 5.16 Å². The van der Waals surface area contributed by atoms with E-state index in [-0.39, 0.29) is 11.7 Å². The molecule has 7 heteroatoms. The minimum Gasteiger partial charge on any atom is -0.497 e. The van der Waals surface area contributed by atoms with Gasteiger partial charge in [-0.2, -0.15) is 5.10 Å². The quantitative estimate of drug-likeness (QED) is 0.411. The number of imidazole rings is 1. The van der Waals surface area contributed by atoms with Gasteiger partial charge < -0.3 is 9.72 Å². The SMILES string of the molecule is COc1ccc(C=NNC(=O)CSc2nc3ccccc3[nH]2)cc1. The van der Waals surface area contributed by atoms with Crippen LogP contribution in [0.25, 0.3) is 11.0 Å². The first kappa shape index (κ1) is 16.1. The zero-order valence-corrected chi connectivity index (χ0v) is 13.8. The number of aromatic amines is 1. The summed E-state index contributed by atoms with van der Waals surface area (Å²) in [5.74, 6) is 0.823. The Morgan fingerprint density at radius 2 is 2.08 bits per heavy atom. The van der Waals surface area contributed by atoms with Crippen LogP contribution in [0.3, 0.4) is 0 Å². The van der Waals surface area contributed by atoms with Crippen molar-refractivity contribution in [2.24, 2.45) is 5.10 Å². The number of nitrogens with zero attached hydrogens (tertiary/aromatic N) is 2. The lowest BCUT2D eigenvalue weighted by atomic mass is 10.2. The van der Waals surface area contributed by atoms with Crippen molar-refractivity contribution in [1.29, 1.82) is 0 Å². The second kappa shape index (κ2) is 7.65. The molecule has 2 aromatic carbocycles. The second-order valence-corrected chi connectivity index (χ2v) is 5.88. The number of methoxy groups -OCH3 is 1. The number of nitrogens with one attached hydrogen (secondary N) is 2. The van der Waals surface area contributed by atoms with Crippen molar-refractivity contribution >= 4 is 34.9 Å².